The van der Waals surface area contributed by atoms with Crippen LogP contribution in [0.2, 0.25) is 0 Å². The van der Waals surface area contributed by atoms with Crippen molar-refractivity contribution in [3.05, 3.63) is 334 Å². The number of benzene rings is 14. The molecule has 19 aromatic rings. The van der Waals surface area contributed by atoms with Gasteiger partial charge in [-0.05, 0) is 170 Å². The van der Waals surface area contributed by atoms with E-state index in [1.807, 2.05) is 0 Å². The van der Waals surface area contributed by atoms with E-state index < -0.39 is 0 Å². The van der Waals surface area contributed by atoms with Gasteiger partial charge in [-0.1, -0.05) is 224 Å². The zero-order valence-corrected chi connectivity index (χ0v) is 50.0. The van der Waals surface area contributed by atoms with Crippen molar-refractivity contribution in [3.63, 3.8) is 0 Å². The average Bonchev–Trinajstić information content (AvgIpc) is 1.62. The lowest BCUT2D eigenvalue weighted by atomic mass is 9.87. The number of pyridine rings is 1. The van der Waals surface area contributed by atoms with Crippen molar-refractivity contribution in [2.75, 3.05) is 0 Å². The van der Waals surface area contributed by atoms with Crippen LogP contribution in [0.4, 0.5) is 0 Å². The van der Waals surface area contributed by atoms with E-state index in [0.717, 1.165) is 72.5 Å². The van der Waals surface area contributed by atoms with Gasteiger partial charge in [-0.2, -0.15) is 0 Å². The Morgan fingerprint density at radius 1 is 0.196 bits per heavy atom. The van der Waals surface area contributed by atoms with Gasteiger partial charge in [-0.15, -0.1) is 0 Å². The number of rotatable bonds is 9. The number of hydrogen-bond acceptors (Lipinski definition) is 1. The van der Waals surface area contributed by atoms with E-state index in [0.29, 0.717) is 0 Å². The third-order valence-electron chi connectivity index (χ3n) is 19.1. The molecule has 0 aliphatic carbocycles. The Morgan fingerprint density at radius 3 is 0.967 bits per heavy atom. The lowest BCUT2D eigenvalue weighted by molar-refractivity contribution is 1.03. The van der Waals surface area contributed by atoms with Gasteiger partial charge in [0.25, 0.3) is 0 Å². The third-order valence-corrected chi connectivity index (χ3v) is 19.1. The number of aromatic nitrogens is 5. The molecule has 0 saturated heterocycles. The van der Waals surface area contributed by atoms with Gasteiger partial charge < -0.3 is 9.13 Å². The molecule has 5 heterocycles. The first kappa shape index (κ1) is 51.7. The van der Waals surface area contributed by atoms with E-state index in [4.69, 9.17) is 4.98 Å². The molecule has 0 N–H and O–H groups in total. The van der Waals surface area contributed by atoms with Crippen LogP contribution in [0.1, 0.15) is 0 Å². The van der Waals surface area contributed by atoms with Crippen LogP contribution < -0.4 is 0 Å². The number of fused-ring (bicyclic) bond motifs is 13. The quantitative estimate of drug-likeness (QED) is 0.142. The Kier molecular flexibility index (Phi) is 11.6. The maximum absolute atomic E-state index is 5.98. The summed E-state index contributed by atoms with van der Waals surface area (Å²) in [7, 11) is 0. The summed E-state index contributed by atoms with van der Waals surface area (Å²) in [6, 6.07) is 122. The van der Waals surface area contributed by atoms with Crippen LogP contribution in [0.3, 0.4) is 0 Å². The monoisotopic (exact) mass is 1170 g/mol. The second-order valence-corrected chi connectivity index (χ2v) is 24.2. The molecule has 0 fully saturated rings. The van der Waals surface area contributed by atoms with E-state index in [1.54, 1.807) is 0 Å². The van der Waals surface area contributed by atoms with Gasteiger partial charge in [0.1, 0.15) is 11.6 Å². The van der Waals surface area contributed by atoms with Crippen molar-refractivity contribution in [2.45, 2.75) is 0 Å². The maximum Gasteiger partial charge on any atom is 0.148 e. The Hall–Kier alpha value is -12.3. The fourth-order valence-electron chi connectivity index (χ4n) is 15.0. The zero-order valence-electron chi connectivity index (χ0n) is 50.0. The SMILES string of the molecule is c1ccc(-c2cccc(-c3ccccc3)c2-c2ccc3c(-n4c5ccccc5c5cc(-c6ccc7c(c6)c6ccccc6n7-c6ccccc6)ccc54)nc(-n4c5ccccc5c5cc(-c6ccc7c(c6)c6ccccc6n7-c6ccccc6)ccc54)cc3c2)cc1. The molecule has 0 unspecified atom stereocenters. The minimum absolute atomic E-state index is 0.837. The van der Waals surface area contributed by atoms with E-state index in [2.05, 4.69) is 352 Å². The molecule has 14 aromatic carbocycles. The van der Waals surface area contributed by atoms with Gasteiger partial charge in [-0.3, -0.25) is 9.13 Å². The van der Waals surface area contributed by atoms with Crippen LogP contribution in [0.25, 0.3) is 177 Å². The van der Waals surface area contributed by atoms with Crippen LogP contribution in [0.15, 0.2) is 334 Å². The highest BCUT2D eigenvalue weighted by atomic mass is 15.1. The molecular formula is C87H55N5. The standard InChI is InChI=1S/C87H55N5/c1-5-22-56(23-6-1)66-34-21-35-67(57-24-7-2-8-25-57)86(66)62-40-45-68-63(50-62)55-85(91-79-38-19-15-32-71(79)75-53-60(43-48-83(75)91)58-41-46-81-73(51-58)69-30-13-17-36-77(69)89(81)64-26-9-3-10-27-64)88-87(68)92-80-39-20-16-33-72(80)76-54-61(44-49-84(76)92)59-42-47-82-74(52-59)70-31-14-18-37-78(70)90(82)65-28-11-4-12-29-65/h1-55H. The summed E-state index contributed by atoms with van der Waals surface area (Å²) >= 11 is 0. The van der Waals surface area contributed by atoms with Crippen molar-refractivity contribution in [3.8, 4) is 78.6 Å². The van der Waals surface area contributed by atoms with Crippen molar-refractivity contribution in [1.29, 1.82) is 0 Å². The molecule has 0 bridgehead atoms. The second-order valence-electron chi connectivity index (χ2n) is 24.2. The number of hydrogen-bond donors (Lipinski definition) is 0. The van der Waals surface area contributed by atoms with Crippen molar-refractivity contribution < 1.29 is 0 Å². The Morgan fingerprint density at radius 2 is 0.533 bits per heavy atom. The van der Waals surface area contributed by atoms with E-state index in [1.165, 1.54) is 104 Å². The smallest absolute Gasteiger partial charge is 0.148 e. The van der Waals surface area contributed by atoms with Gasteiger partial charge >= 0.3 is 0 Å². The highest BCUT2D eigenvalue weighted by Gasteiger charge is 2.24. The molecule has 0 aliphatic heterocycles. The summed E-state index contributed by atoms with van der Waals surface area (Å²) < 4.78 is 9.58. The lowest BCUT2D eigenvalue weighted by Gasteiger charge is -2.19. The molecule has 92 heavy (non-hydrogen) atoms. The van der Waals surface area contributed by atoms with Gasteiger partial charge in [0.05, 0.1) is 44.1 Å². The van der Waals surface area contributed by atoms with Crippen molar-refractivity contribution >= 4 is 98.0 Å². The Labute approximate surface area is 530 Å². The minimum Gasteiger partial charge on any atom is -0.309 e. The molecule has 0 radical (unpaired) electrons. The molecule has 0 amide bonds. The van der Waals surface area contributed by atoms with Gasteiger partial charge in [0.2, 0.25) is 0 Å². The summed E-state index contributed by atoms with van der Waals surface area (Å²) in [5, 5.41) is 11.7. The molecule has 5 aromatic heterocycles. The van der Waals surface area contributed by atoms with Crippen LogP contribution in [0, 0.1) is 0 Å². The molecule has 428 valence electrons. The summed E-state index contributed by atoms with van der Waals surface area (Å²) in [6.07, 6.45) is 0. The highest BCUT2D eigenvalue weighted by Crippen LogP contribution is 2.45. The predicted molar refractivity (Wildman–Crippen MR) is 386 cm³/mol. The predicted octanol–water partition coefficient (Wildman–Crippen LogP) is 23.0. The van der Waals surface area contributed by atoms with Crippen LogP contribution in [-0.2, 0) is 0 Å². The largest absolute Gasteiger partial charge is 0.309 e. The molecule has 0 spiro atoms. The number of nitrogens with zero attached hydrogens (tertiary/aromatic N) is 5. The lowest BCUT2D eigenvalue weighted by Crippen LogP contribution is -2.05. The van der Waals surface area contributed by atoms with Crippen LogP contribution >= 0.6 is 0 Å². The second kappa shape index (κ2) is 20.6. The molecule has 19 rings (SSSR count). The summed E-state index contributed by atoms with van der Waals surface area (Å²) in [5.41, 5.74) is 23.1. The third kappa shape index (κ3) is 8.02. The molecule has 0 atom stereocenters. The van der Waals surface area contributed by atoms with Crippen molar-refractivity contribution in [1.82, 2.24) is 23.3 Å². The minimum atomic E-state index is 0.837. The normalized spacial score (nSPS) is 11.9. The molecule has 5 nitrogen and oxygen atoms in total. The van der Waals surface area contributed by atoms with Crippen LogP contribution in [0.5, 0.6) is 0 Å². The fourth-order valence-corrected chi connectivity index (χ4v) is 15.0. The summed E-state index contributed by atoms with van der Waals surface area (Å²) in [4.78, 5) is 5.98. The van der Waals surface area contributed by atoms with Gasteiger partial charge in [-0.25, -0.2) is 4.98 Å². The molecule has 5 heteroatoms. The topological polar surface area (TPSA) is 32.6 Å². The van der Waals surface area contributed by atoms with Crippen LogP contribution in [-0.4, -0.2) is 23.3 Å². The average molecular weight is 1170 g/mol. The summed E-state index contributed by atoms with van der Waals surface area (Å²) in [5.74, 6) is 1.70. The first-order chi connectivity index (χ1) is 45.6. The first-order valence-corrected chi connectivity index (χ1v) is 31.6. The fraction of sp³-hybridized carbons (Fsp3) is 0. The highest BCUT2D eigenvalue weighted by molar-refractivity contribution is 6.16. The Balaban J connectivity index is 0.830. The van der Waals surface area contributed by atoms with E-state index in [9.17, 15) is 0 Å². The zero-order chi connectivity index (χ0) is 60.4. The Bertz CT molecular complexity index is 6110. The first-order valence-electron chi connectivity index (χ1n) is 31.6. The molecule has 0 aliphatic rings. The van der Waals surface area contributed by atoms with Gasteiger partial charge in [0.15, 0.2) is 0 Å². The van der Waals surface area contributed by atoms with Crippen molar-refractivity contribution in [2.24, 2.45) is 0 Å². The number of para-hydroxylation sites is 6. The summed E-state index contributed by atoms with van der Waals surface area (Å²) in [6.45, 7) is 0. The van der Waals surface area contributed by atoms with Gasteiger partial charge in [0, 0.05) is 59.9 Å². The molecular weight excluding hydrogens is 1110 g/mol. The van der Waals surface area contributed by atoms with E-state index in [-0.39, 0.29) is 0 Å². The maximum atomic E-state index is 5.98. The molecule has 0 saturated carbocycles. The van der Waals surface area contributed by atoms with E-state index >= 15 is 0 Å².